The maximum absolute atomic E-state index is 13.1. The van der Waals surface area contributed by atoms with Crippen LogP contribution < -0.4 is 0 Å². The molecule has 0 bridgehead atoms. The van der Waals surface area contributed by atoms with E-state index in [1.807, 2.05) is 0 Å². The molecule has 0 radical (unpaired) electrons. The van der Waals surface area contributed by atoms with Crippen LogP contribution in [0.2, 0.25) is 0 Å². The lowest BCUT2D eigenvalue weighted by atomic mass is 10.2. The van der Waals surface area contributed by atoms with Crippen molar-refractivity contribution in [3.63, 3.8) is 0 Å². The third-order valence-corrected chi connectivity index (χ3v) is 2.89. The van der Waals surface area contributed by atoms with Crippen molar-refractivity contribution in [2.75, 3.05) is 6.26 Å². The Labute approximate surface area is 85.4 Å². The largest absolute Gasteiger partial charge is 0.275 e. The van der Waals surface area contributed by atoms with Gasteiger partial charge < -0.3 is 0 Å². The third-order valence-electron chi connectivity index (χ3n) is 1.58. The zero-order chi connectivity index (χ0) is 10.9. The van der Waals surface area contributed by atoms with Gasteiger partial charge in [0.05, 0.1) is 10.5 Å². The fourth-order valence-corrected chi connectivity index (χ4v) is 1.67. The zero-order valence-electron chi connectivity index (χ0n) is 7.12. The van der Waals surface area contributed by atoms with Crippen molar-refractivity contribution in [1.29, 1.82) is 0 Å². The van der Waals surface area contributed by atoms with Crippen molar-refractivity contribution in [3.8, 4) is 0 Å². The number of rotatable bonds is 2. The van der Waals surface area contributed by atoms with Gasteiger partial charge in [-0.2, -0.15) is 0 Å². The van der Waals surface area contributed by atoms with E-state index in [-0.39, 0.29) is 10.5 Å². The predicted octanol–water partition coefficient (Wildman–Crippen LogP) is 1.61. The summed E-state index contributed by atoms with van der Waals surface area (Å²) < 4.78 is 35.0. The summed E-state index contributed by atoms with van der Waals surface area (Å²) in [4.78, 5) is 10.4. The van der Waals surface area contributed by atoms with Gasteiger partial charge in [0.15, 0.2) is 9.84 Å². The van der Waals surface area contributed by atoms with E-state index in [4.69, 9.17) is 11.6 Å². The standard InChI is InChI=1S/C8H6ClFO3S/c1-14(12,13)5-2-3-6(8(9)11)7(10)4-5/h2-4H,1H3. The number of carbonyl (C=O) groups is 1. The average Bonchev–Trinajstić information content (AvgIpc) is 2.01. The molecule has 1 aromatic rings. The molecule has 0 heterocycles. The summed E-state index contributed by atoms with van der Waals surface area (Å²) in [6, 6.07) is 2.94. The van der Waals surface area contributed by atoms with Crippen LogP contribution in [-0.4, -0.2) is 19.9 Å². The van der Waals surface area contributed by atoms with E-state index in [0.29, 0.717) is 0 Å². The normalized spacial score (nSPS) is 11.4. The first-order valence-corrected chi connectivity index (χ1v) is 5.79. The molecule has 0 amide bonds. The van der Waals surface area contributed by atoms with Gasteiger partial charge in [-0.1, -0.05) is 0 Å². The van der Waals surface area contributed by atoms with E-state index in [2.05, 4.69) is 0 Å². The molecule has 0 saturated carbocycles. The van der Waals surface area contributed by atoms with Crippen LogP contribution in [0.25, 0.3) is 0 Å². The fourth-order valence-electron chi connectivity index (χ4n) is 0.886. The van der Waals surface area contributed by atoms with Gasteiger partial charge in [0.1, 0.15) is 5.82 Å². The molecule has 3 nitrogen and oxygen atoms in total. The summed E-state index contributed by atoms with van der Waals surface area (Å²) in [7, 11) is -3.46. The molecule has 0 atom stereocenters. The fraction of sp³-hybridized carbons (Fsp3) is 0.125. The van der Waals surface area contributed by atoms with Crippen molar-refractivity contribution < 1.29 is 17.6 Å². The SMILES string of the molecule is CS(=O)(=O)c1ccc(C(=O)Cl)c(F)c1. The molecular formula is C8H6ClFO3S. The summed E-state index contributed by atoms with van der Waals surface area (Å²) in [5.74, 6) is -0.937. The second kappa shape index (κ2) is 3.67. The maximum Gasteiger partial charge on any atom is 0.255 e. The highest BCUT2D eigenvalue weighted by atomic mass is 35.5. The van der Waals surface area contributed by atoms with Gasteiger partial charge in [-0.3, -0.25) is 4.79 Å². The predicted molar refractivity (Wildman–Crippen MR) is 49.7 cm³/mol. The lowest BCUT2D eigenvalue weighted by Crippen LogP contribution is -2.01. The molecule has 0 spiro atoms. The molecular weight excluding hydrogens is 231 g/mol. The topological polar surface area (TPSA) is 51.2 Å². The second-order valence-corrected chi connectivity index (χ2v) is 5.05. The zero-order valence-corrected chi connectivity index (χ0v) is 8.69. The van der Waals surface area contributed by atoms with Gasteiger partial charge in [0.2, 0.25) is 0 Å². The Bertz CT molecular complexity index is 481. The summed E-state index contributed by atoms with van der Waals surface area (Å²) in [5.41, 5.74) is -0.334. The Morgan fingerprint density at radius 2 is 2.00 bits per heavy atom. The first kappa shape index (κ1) is 11.1. The summed E-state index contributed by atoms with van der Waals surface area (Å²) in [5, 5.41) is -0.956. The molecule has 0 fully saturated rings. The third kappa shape index (κ3) is 2.30. The van der Waals surface area contributed by atoms with E-state index >= 15 is 0 Å². The Balaban J connectivity index is 3.34. The van der Waals surface area contributed by atoms with Gasteiger partial charge in [-0.05, 0) is 29.8 Å². The number of sulfone groups is 1. The number of hydrogen-bond acceptors (Lipinski definition) is 3. The van der Waals surface area contributed by atoms with E-state index < -0.39 is 20.9 Å². The van der Waals surface area contributed by atoms with Gasteiger partial charge >= 0.3 is 0 Å². The van der Waals surface area contributed by atoms with Crippen molar-refractivity contribution in [2.45, 2.75) is 4.90 Å². The minimum Gasteiger partial charge on any atom is -0.275 e. The number of halogens is 2. The minimum absolute atomic E-state index is 0.184. The summed E-state index contributed by atoms with van der Waals surface area (Å²) in [6.07, 6.45) is 0.948. The van der Waals surface area contributed by atoms with Crippen molar-refractivity contribution in [3.05, 3.63) is 29.6 Å². The van der Waals surface area contributed by atoms with Crippen LogP contribution in [0.3, 0.4) is 0 Å². The Morgan fingerprint density at radius 3 is 2.36 bits per heavy atom. The van der Waals surface area contributed by atoms with Crippen molar-refractivity contribution >= 4 is 26.7 Å². The number of hydrogen-bond donors (Lipinski definition) is 0. The van der Waals surface area contributed by atoms with Gasteiger partial charge in [0, 0.05) is 6.26 Å². The van der Waals surface area contributed by atoms with E-state index in [1.54, 1.807) is 0 Å². The highest BCUT2D eigenvalue weighted by Crippen LogP contribution is 2.16. The molecule has 6 heteroatoms. The van der Waals surface area contributed by atoms with E-state index in [0.717, 1.165) is 24.5 Å². The highest BCUT2D eigenvalue weighted by Gasteiger charge is 2.13. The Morgan fingerprint density at radius 1 is 1.43 bits per heavy atom. The molecule has 1 aromatic carbocycles. The van der Waals surface area contributed by atoms with Crippen LogP contribution in [0.5, 0.6) is 0 Å². The molecule has 1 rings (SSSR count). The Kier molecular flexibility index (Phi) is 2.92. The van der Waals surface area contributed by atoms with Gasteiger partial charge in [-0.15, -0.1) is 0 Å². The van der Waals surface area contributed by atoms with Crippen LogP contribution in [0.4, 0.5) is 4.39 Å². The van der Waals surface area contributed by atoms with Crippen LogP contribution >= 0.6 is 11.6 Å². The highest BCUT2D eigenvalue weighted by molar-refractivity contribution is 7.90. The summed E-state index contributed by atoms with van der Waals surface area (Å²) in [6.45, 7) is 0. The molecule has 0 N–H and O–H groups in total. The van der Waals surface area contributed by atoms with Crippen LogP contribution in [0, 0.1) is 5.82 Å². The monoisotopic (exact) mass is 236 g/mol. The quantitative estimate of drug-likeness (QED) is 0.733. The Hall–Kier alpha value is -0.940. The minimum atomic E-state index is -3.46. The van der Waals surface area contributed by atoms with E-state index in [9.17, 15) is 17.6 Å². The molecule has 0 aromatic heterocycles. The number of benzene rings is 1. The van der Waals surface area contributed by atoms with Crippen LogP contribution in [-0.2, 0) is 9.84 Å². The molecule has 14 heavy (non-hydrogen) atoms. The average molecular weight is 237 g/mol. The first-order chi connectivity index (χ1) is 6.32. The maximum atomic E-state index is 13.1. The van der Waals surface area contributed by atoms with Crippen molar-refractivity contribution in [2.24, 2.45) is 0 Å². The molecule has 0 unspecified atom stereocenters. The van der Waals surface area contributed by atoms with Crippen LogP contribution in [0.1, 0.15) is 10.4 Å². The van der Waals surface area contributed by atoms with Gasteiger partial charge in [-0.25, -0.2) is 12.8 Å². The first-order valence-electron chi connectivity index (χ1n) is 3.52. The van der Waals surface area contributed by atoms with Gasteiger partial charge in [0.25, 0.3) is 5.24 Å². The van der Waals surface area contributed by atoms with Crippen LogP contribution in [0.15, 0.2) is 23.1 Å². The molecule has 0 saturated heterocycles. The van der Waals surface area contributed by atoms with Crippen molar-refractivity contribution in [1.82, 2.24) is 0 Å². The molecule has 0 aliphatic carbocycles. The lowest BCUT2D eigenvalue weighted by Gasteiger charge is -2.00. The molecule has 0 aliphatic rings. The summed E-state index contributed by atoms with van der Waals surface area (Å²) >= 11 is 5.05. The number of carbonyl (C=O) groups excluding carboxylic acids is 1. The molecule has 0 aliphatic heterocycles. The lowest BCUT2D eigenvalue weighted by molar-refractivity contribution is 0.107. The molecule has 76 valence electrons. The smallest absolute Gasteiger partial charge is 0.255 e. The second-order valence-electron chi connectivity index (χ2n) is 2.69. The van der Waals surface area contributed by atoms with E-state index in [1.165, 1.54) is 0 Å².